The van der Waals surface area contributed by atoms with Crippen LogP contribution >= 0.6 is 15.9 Å². The number of hydrogen-bond donors (Lipinski definition) is 1. The molecule has 1 aliphatic heterocycles. The zero-order chi connectivity index (χ0) is 11.7. The fraction of sp³-hybridized carbons (Fsp3) is 0.500. The Kier molecular flexibility index (Phi) is 3.09. The molecule has 0 aliphatic carbocycles. The lowest BCUT2D eigenvalue weighted by atomic mass is 10.2. The van der Waals surface area contributed by atoms with Gasteiger partial charge in [-0.3, -0.25) is 4.79 Å². The summed E-state index contributed by atoms with van der Waals surface area (Å²) in [6, 6.07) is -0.263. The van der Waals surface area contributed by atoms with Gasteiger partial charge in [0.25, 0.3) is 0 Å². The molecule has 1 fully saturated rings. The zero-order valence-electron chi connectivity index (χ0n) is 8.98. The van der Waals surface area contributed by atoms with E-state index in [0.717, 1.165) is 29.6 Å². The van der Waals surface area contributed by atoms with E-state index in [1.54, 1.807) is 6.20 Å². The van der Waals surface area contributed by atoms with Gasteiger partial charge in [-0.1, -0.05) is 0 Å². The monoisotopic (exact) mass is 284 g/mol. The summed E-state index contributed by atoms with van der Waals surface area (Å²) < 4.78 is 0.867. The molecule has 1 aromatic heterocycles. The SMILES string of the molecule is Cc1nc(N2CCC[C@@H]2C(N)=O)ncc1Br. The molecule has 0 spiro atoms. The van der Waals surface area contributed by atoms with Gasteiger partial charge in [0.05, 0.1) is 10.2 Å². The summed E-state index contributed by atoms with van der Waals surface area (Å²) in [6.45, 7) is 2.68. The average molecular weight is 285 g/mol. The van der Waals surface area contributed by atoms with E-state index < -0.39 is 0 Å². The van der Waals surface area contributed by atoms with Crippen LogP contribution in [0.4, 0.5) is 5.95 Å². The van der Waals surface area contributed by atoms with Crippen LogP contribution in [0.5, 0.6) is 0 Å². The van der Waals surface area contributed by atoms with Crippen LogP contribution < -0.4 is 10.6 Å². The number of aromatic nitrogens is 2. The minimum absolute atomic E-state index is 0.263. The standard InChI is InChI=1S/C10H13BrN4O/c1-6-7(11)5-13-10(14-6)15-4-2-3-8(15)9(12)16/h5,8H,2-4H2,1H3,(H2,12,16)/t8-/m1/s1. The number of carbonyl (C=O) groups excluding carboxylic acids is 1. The van der Waals surface area contributed by atoms with Gasteiger partial charge in [0.2, 0.25) is 11.9 Å². The third-order valence-corrected chi connectivity index (χ3v) is 3.52. The summed E-state index contributed by atoms with van der Waals surface area (Å²) in [5.74, 6) is 0.281. The molecule has 0 radical (unpaired) electrons. The Morgan fingerprint density at radius 3 is 3.06 bits per heavy atom. The highest BCUT2D eigenvalue weighted by molar-refractivity contribution is 9.10. The van der Waals surface area contributed by atoms with Crippen molar-refractivity contribution in [2.75, 3.05) is 11.4 Å². The molecule has 1 aromatic rings. The second-order valence-electron chi connectivity index (χ2n) is 3.86. The second-order valence-corrected chi connectivity index (χ2v) is 4.71. The number of primary amides is 1. The van der Waals surface area contributed by atoms with Gasteiger partial charge in [0, 0.05) is 12.7 Å². The number of nitrogens with two attached hydrogens (primary N) is 1. The van der Waals surface area contributed by atoms with Crippen molar-refractivity contribution in [3.63, 3.8) is 0 Å². The van der Waals surface area contributed by atoms with E-state index in [1.807, 2.05) is 11.8 Å². The van der Waals surface area contributed by atoms with Crippen LogP contribution in [0.1, 0.15) is 18.5 Å². The van der Waals surface area contributed by atoms with Crippen LogP contribution in [0.25, 0.3) is 0 Å². The molecule has 1 amide bonds. The predicted molar refractivity (Wildman–Crippen MR) is 64.0 cm³/mol. The molecule has 6 heteroatoms. The maximum Gasteiger partial charge on any atom is 0.240 e. The molecule has 1 aliphatic rings. The van der Waals surface area contributed by atoms with Gasteiger partial charge >= 0.3 is 0 Å². The number of amides is 1. The number of aryl methyl sites for hydroxylation is 1. The van der Waals surface area contributed by atoms with Gasteiger partial charge in [-0.25, -0.2) is 9.97 Å². The summed E-state index contributed by atoms with van der Waals surface area (Å²) in [7, 11) is 0. The van der Waals surface area contributed by atoms with Crippen molar-refractivity contribution in [1.82, 2.24) is 9.97 Å². The van der Waals surface area contributed by atoms with E-state index in [2.05, 4.69) is 25.9 Å². The fourth-order valence-electron chi connectivity index (χ4n) is 1.88. The highest BCUT2D eigenvalue weighted by Crippen LogP contribution is 2.23. The fourth-order valence-corrected chi connectivity index (χ4v) is 2.07. The molecule has 2 N–H and O–H groups in total. The van der Waals surface area contributed by atoms with Crippen molar-refractivity contribution < 1.29 is 4.79 Å². The summed E-state index contributed by atoms with van der Waals surface area (Å²) in [4.78, 5) is 21.7. The number of rotatable bonds is 2. The molecule has 16 heavy (non-hydrogen) atoms. The molecule has 5 nitrogen and oxygen atoms in total. The maximum absolute atomic E-state index is 11.3. The van der Waals surface area contributed by atoms with Crippen LogP contribution in [0.2, 0.25) is 0 Å². The zero-order valence-corrected chi connectivity index (χ0v) is 10.6. The Balaban J connectivity index is 2.29. The van der Waals surface area contributed by atoms with Crippen molar-refractivity contribution in [2.24, 2.45) is 5.73 Å². The van der Waals surface area contributed by atoms with Gasteiger partial charge < -0.3 is 10.6 Å². The Hall–Kier alpha value is -1.17. The van der Waals surface area contributed by atoms with E-state index in [4.69, 9.17) is 5.73 Å². The van der Waals surface area contributed by atoms with Crippen LogP contribution in [0.15, 0.2) is 10.7 Å². The molecule has 0 aromatic carbocycles. The van der Waals surface area contributed by atoms with E-state index >= 15 is 0 Å². The van der Waals surface area contributed by atoms with E-state index in [9.17, 15) is 4.79 Å². The number of nitrogens with zero attached hydrogens (tertiary/aromatic N) is 3. The quantitative estimate of drug-likeness (QED) is 0.880. The Morgan fingerprint density at radius 2 is 2.44 bits per heavy atom. The van der Waals surface area contributed by atoms with Crippen molar-refractivity contribution in [1.29, 1.82) is 0 Å². The van der Waals surface area contributed by atoms with Gasteiger partial charge in [0.1, 0.15) is 6.04 Å². The number of halogens is 1. The molecule has 0 bridgehead atoms. The minimum atomic E-state index is -0.304. The first-order valence-corrected chi connectivity index (χ1v) is 5.94. The predicted octanol–water partition coefficient (Wildman–Crippen LogP) is 1.00. The number of carbonyl (C=O) groups is 1. The highest BCUT2D eigenvalue weighted by atomic mass is 79.9. The lowest BCUT2D eigenvalue weighted by Crippen LogP contribution is -2.41. The summed E-state index contributed by atoms with van der Waals surface area (Å²) >= 11 is 3.35. The normalized spacial score (nSPS) is 20.1. The number of anilines is 1. The molecule has 1 saturated heterocycles. The topological polar surface area (TPSA) is 72.1 Å². The van der Waals surface area contributed by atoms with E-state index in [1.165, 1.54) is 0 Å². The van der Waals surface area contributed by atoms with E-state index in [0.29, 0.717) is 5.95 Å². The molecule has 2 heterocycles. The van der Waals surface area contributed by atoms with Crippen molar-refractivity contribution >= 4 is 27.8 Å². The largest absolute Gasteiger partial charge is 0.368 e. The Bertz CT molecular complexity index is 423. The third kappa shape index (κ3) is 2.02. The van der Waals surface area contributed by atoms with Gasteiger partial charge in [-0.2, -0.15) is 0 Å². The van der Waals surface area contributed by atoms with Gasteiger partial charge in [-0.15, -0.1) is 0 Å². The average Bonchev–Trinajstić information content (AvgIpc) is 2.71. The lowest BCUT2D eigenvalue weighted by Gasteiger charge is -2.22. The van der Waals surface area contributed by atoms with Crippen molar-refractivity contribution in [2.45, 2.75) is 25.8 Å². The lowest BCUT2D eigenvalue weighted by molar-refractivity contribution is -0.119. The summed E-state index contributed by atoms with van der Waals surface area (Å²) in [5, 5.41) is 0. The summed E-state index contributed by atoms with van der Waals surface area (Å²) in [5.41, 5.74) is 6.21. The van der Waals surface area contributed by atoms with Gasteiger partial charge in [-0.05, 0) is 35.7 Å². The molecule has 2 rings (SSSR count). The first kappa shape index (κ1) is 11.3. The van der Waals surface area contributed by atoms with Crippen LogP contribution in [-0.2, 0) is 4.79 Å². The molecule has 0 unspecified atom stereocenters. The Morgan fingerprint density at radius 1 is 1.69 bits per heavy atom. The third-order valence-electron chi connectivity index (χ3n) is 2.74. The van der Waals surface area contributed by atoms with Crippen molar-refractivity contribution in [3.05, 3.63) is 16.4 Å². The van der Waals surface area contributed by atoms with Gasteiger partial charge in [0.15, 0.2) is 0 Å². The minimum Gasteiger partial charge on any atom is -0.368 e. The molecule has 1 atom stereocenters. The molecule has 86 valence electrons. The Labute approximate surface area is 102 Å². The maximum atomic E-state index is 11.3. The summed E-state index contributed by atoms with van der Waals surface area (Å²) in [6.07, 6.45) is 3.44. The smallest absolute Gasteiger partial charge is 0.240 e. The number of hydrogen-bond acceptors (Lipinski definition) is 4. The first-order chi connectivity index (χ1) is 7.59. The second kappa shape index (κ2) is 4.37. The molecular formula is C10H13BrN4O. The van der Waals surface area contributed by atoms with Crippen LogP contribution in [0, 0.1) is 6.92 Å². The highest BCUT2D eigenvalue weighted by Gasteiger charge is 2.30. The molecular weight excluding hydrogens is 272 g/mol. The molecule has 0 saturated carbocycles. The van der Waals surface area contributed by atoms with Crippen LogP contribution in [-0.4, -0.2) is 28.5 Å². The van der Waals surface area contributed by atoms with Crippen molar-refractivity contribution in [3.8, 4) is 0 Å². The van der Waals surface area contributed by atoms with Crippen LogP contribution in [0.3, 0.4) is 0 Å². The van der Waals surface area contributed by atoms with E-state index in [-0.39, 0.29) is 11.9 Å². The first-order valence-electron chi connectivity index (χ1n) is 5.14.